The van der Waals surface area contributed by atoms with Gasteiger partial charge in [0.05, 0.1) is 12.6 Å². The zero-order valence-corrected chi connectivity index (χ0v) is 13.6. The summed E-state index contributed by atoms with van der Waals surface area (Å²) in [5.74, 6) is 0.828. The van der Waals surface area contributed by atoms with Crippen LogP contribution in [0.25, 0.3) is 0 Å². The summed E-state index contributed by atoms with van der Waals surface area (Å²) in [5.41, 5.74) is 0. The van der Waals surface area contributed by atoms with Gasteiger partial charge < -0.3 is 15.1 Å². The van der Waals surface area contributed by atoms with E-state index in [1.54, 1.807) is 23.9 Å². The first-order chi connectivity index (χ1) is 10.0. The molecule has 2 aliphatic rings. The highest BCUT2D eigenvalue weighted by Gasteiger charge is 2.36. The molecular weight excluding hydrogens is 266 g/mol. The molecule has 0 aromatic rings. The van der Waals surface area contributed by atoms with Crippen molar-refractivity contribution in [3.8, 4) is 0 Å². The fourth-order valence-electron chi connectivity index (χ4n) is 3.56. The van der Waals surface area contributed by atoms with Crippen LogP contribution in [0.5, 0.6) is 0 Å². The number of carbonyl (C=O) groups excluding carboxylic acids is 2. The molecule has 2 rings (SSSR count). The van der Waals surface area contributed by atoms with E-state index in [1.807, 2.05) is 6.92 Å². The first-order valence-electron chi connectivity index (χ1n) is 8.28. The standard InChI is InChI=1S/C16H29N3O2/c1-4-19(11-15(20)18(2)3)16(21)14-10-9-12-7-5-6-8-13(12)17-14/h12-14,17H,4-11H2,1-3H3. The summed E-state index contributed by atoms with van der Waals surface area (Å²) in [5, 5.41) is 3.56. The molecule has 0 aromatic carbocycles. The molecule has 0 radical (unpaired) electrons. The van der Waals surface area contributed by atoms with Crippen LogP contribution >= 0.6 is 0 Å². The molecule has 3 unspecified atom stereocenters. The van der Waals surface area contributed by atoms with Crippen LogP contribution in [-0.2, 0) is 9.59 Å². The second kappa shape index (κ2) is 7.25. The summed E-state index contributed by atoms with van der Waals surface area (Å²) in [7, 11) is 3.46. The number of carbonyl (C=O) groups is 2. The van der Waals surface area contributed by atoms with Gasteiger partial charge in [0.1, 0.15) is 0 Å². The monoisotopic (exact) mass is 295 g/mol. The van der Waals surface area contributed by atoms with Crippen LogP contribution in [0.15, 0.2) is 0 Å². The molecule has 3 atom stereocenters. The van der Waals surface area contributed by atoms with E-state index in [2.05, 4.69) is 5.32 Å². The highest BCUT2D eigenvalue weighted by molar-refractivity contribution is 5.87. The van der Waals surface area contributed by atoms with Gasteiger partial charge in [-0.2, -0.15) is 0 Å². The van der Waals surface area contributed by atoms with Crippen LogP contribution < -0.4 is 5.32 Å². The van der Waals surface area contributed by atoms with E-state index >= 15 is 0 Å². The topological polar surface area (TPSA) is 52.7 Å². The van der Waals surface area contributed by atoms with Gasteiger partial charge in [0.2, 0.25) is 11.8 Å². The van der Waals surface area contributed by atoms with Crippen molar-refractivity contribution >= 4 is 11.8 Å². The number of hydrogen-bond acceptors (Lipinski definition) is 3. The molecule has 2 amide bonds. The molecule has 5 nitrogen and oxygen atoms in total. The Labute approximate surface area is 128 Å². The number of fused-ring (bicyclic) bond motifs is 1. The van der Waals surface area contributed by atoms with Crippen LogP contribution in [0.3, 0.4) is 0 Å². The minimum Gasteiger partial charge on any atom is -0.347 e. The largest absolute Gasteiger partial charge is 0.347 e. The summed E-state index contributed by atoms with van der Waals surface area (Å²) < 4.78 is 0. The maximum atomic E-state index is 12.7. The lowest BCUT2D eigenvalue weighted by Gasteiger charge is -2.41. The van der Waals surface area contributed by atoms with Crippen molar-refractivity contribution in [2.75, 3.05) is 27.2 Å². The van der Waals surface area contributed by atoms with Crippen molar-refractivity contribution in [1.29, 1.82) is 0 Å². The first kappa shape index (κ1) is 16.3. The predicted octanol–water partition coefficient (Wildman–Crippen LogP) is 1.23. The van der Waals surface area contributed by atoms with Crippen molar-refractivity contribution in [2.24, 2.45) is 5.92 Å². The van der Waals surface area contributed by atoms with E-state index in [1.165, 1.54) is 25.7 Å². The Morgan fingerprint density at radius 1 is 1.10 bits per heavy atom. The molecule has 5 heteroatoms. The SMILES string of the molecule is CCN(CC(=O)N(C)C)C(=O)C1CCC2CCCCC2N1. The molecule has 0 spiro atoms. The Bertz CT molecular complexity index is 384. The smallest absolute Gasteiger partial charge is 0.241 e. The number of likely N-dealkylation sites (N-methyl/N-ethyl adjacent to an activating group) is 2. The van der Waals surface area contributed by atoms with E-state index in [-0.39, 0.29) is 24.4 Å². The molecule has 0 aromatic heterocycles. The Morgan fingerprint density at radius 3 is 2.48 bits per heavy atom. The summed E-state index contributed by atoms with van der Waals surface area (Å²) in [6, 6.07) is 0.406. The molecule has 1 aliphatic carbocycles. The van der Waals surface area contributed by atoms with Crippen LogP contribution in [0.4, 0.5) is 0 Å². The molecule has 1 N–H and O–H groups in total. The fourth-order valence-corrected chi connectivity index (χ4v) is 3.56. The minimum absolute atomic E-state index is 0.0171. The molecule has 0 bridgehead atoms. The van der Waals surface area contributed by atoms with Crippen LogP contribution in [0, 0.1) is 5.92 Å². The van der Waals surface area contributed by atoms with Gasteiger partial charge >= 0.3 is 0 Å². The summed E-state index contributed by atoms with van der Waals surface area (Å²) >= 11 is 0. The molecular formula is C16H29N3O2. The lowest BCUT2D eigenvalue weighted by Crippen LogP contribution is -2.56. The van der Waals surface area contributed by atoms with Crippen molar-refractivity contribution in [2.45, 2.75) is 57.5 Å². The van der Waals surface area contributed by atoms with Gasteiger partial charge in [-0.15, -0.1) is 0 Å². The third-order valence-corrected chi connectivity index (χ3v) is 4.97. The van der Waals surface area contributed by atoms with Gasteiger partial charge in [-0.1, -0.05) is 12.8 Å². The van der Waals surface area contributed by atoms with Crippen molar-refractivity contribution in [3.05, 3.63) is 0 Å². The number of nitrogens with one attached hydrogen (secondary N) is 1. The molecule has 1 saturated heterocycles. The number of amides is 2. The van der Waals surface area contributed by atoms with Gasteiger partial charge in [-0.3, -0.25) is 9.59 Å². The van der Waals surface area contributed by atoms with Crippen molar-refractivity contribution < 1.29 is 9.59 Å². The molecule has 1 saturated carbocycles. The van der Waals surface area contributed by atoms with E-state index in [9.17, 15) is 9.59 Å². The van der Waals surface area contributed by atoms with E-state index in [0.717, 1.165) is 18.8 Å². The van der Waals surface area contributed by atoms with Crippen molar-refractivity contribution in [1.82, 2.24) is 15.1 Å². The van der Waals surface area contributed by atoms with E-state index < -0.39 is 0 Å². The summed E-state index contributed by atoms with van der Waals surface area (Å²) in [6.07, 6.45) is 7.15. The molecule has 1 aliphatic heterocycles. The van der Waals surface area contributed by atoms with Gasteiger partial charge in [0.15, 0.2) is 0 Å². The maximum absolute atomic E-state index is 12.7. The molecule has 2 fully saturated rings. The second-order valence-electron chi connectivity index (χ2n) is 6.59. The number of rotatable bonds is 4. The Balaban J connectivity index is 1.93. The summed E-state index contributed by atoms with van der Waals surface area (Å²) in [4.78, 5) is 27.7. The van der Waals surface area contributed by atoms with Gasteiger partial charge in [0, 0.05) is 26.7 Å². The Morgan fingerprint density at radius 2 is 1.81 bits per heavy atom. The summed E-state index contributed by atoms with van der Waals surface area (Å²) in [6.45, 7) is 2.71. The van der Waals surface area contributed by atoms with E-state index in [0.29, 0.717) is 12.6 Å². The minimum atomic E-state index is -0.0979. The molecule has 120 valence electrons. The third-order valence-electron chi connectivity index (χ3n) is 4.97. The molecule has 21 heavy (non-hydrogen) atoms. The second-order valence-corrected chi connectivity index (χ2v) is 6.59. The zero-order chi connectivity index (χ0) is 15.4. The van der Waals surface area contributed by atoms with E-state index in [4.69, 9.17) is 0 Å². The first-order valence-corrected chi connectivity index (χ1v) is 8.28. The lowest BCUT2D eigenvalue weighted by atomic mass is 9.77. The van der Waals surface area contributed by atoms with Crippen LogP contribution in [0.2, 0.25) is 0 Å². The van der Waals surface area contributed by atoms with Crippen LogP contribution in [-0.4, -0.2) is 60.9 Å². The van der Waals surface area contributed by atoms with Gasteiger partial charge in [-0.25, -0.2) is 0 Å². The lowest BCUT2D eigenvalue weighted by molar-refractivity contribution is -0.141. The maximum Gasteiger partial charge on any atom is 0.241 e. The number of nitrogens with zero attached hydrogens (tertiary/aromatic N) is 2. The van der Waals surface area contributed by atoms with Gasteiger partial charge in [0.25, 0.3) is 0 Å². The average molecular weight is 295 g/mol. The Hall–Kier alpha value is -1.10. The highest BCUT2D eigenvalue weighted by Crippen LogP contribution is 2.32. The average Bonchev–Trinajstić information content (AvgIpc) is 2.51. The number of hydrogen-bond donors (Lipinski definition) is 1. The van der Waals surface area contributed by atoms with Crippen LogP contribution in [0.1, 0.15) is 45.4 Å². The third kappa shape index (κ3) is 3.96. The Kier molecular flexibility index (Phi) is 5.62. The molecule has 1 heterocycles. The normalized spacial score (nSPS) is 28.6. The fraction of sp³-hybridized carbons (Fsp3) is 0.875. The predicted molar refractivity (Wildman–Crippen MR) is 82.9 cm³/mol. The van der Waals surface area contributed by atoms with Crippen molar-refractivity contribution in [3.63, 3.8) is 0 Å². The van der Waals surface area contributed by atoms with Gasteiger partial charge in [-0.05, 0) is 38.5 Å². The highest BCUT2D eigenvalue weighted by atomic mass is 16.2. The zero-order valence-electron chi connectivity index (χ0n) is 13.6. The quantitative estimate of drug-likeness (QED) is 0.849. The number of piperidine rings is 1.